The average molecular weight is 235 g/mol. The molecule has 5 heteroatoms. The maximum atomic E-state index is 11.4. The molecule has 1 rings (SSSR count). The second-order valence-electron chi connectivity index (χ2n) is 3.23. The predicted octanol–water partition coefficient (Wildman–Crippen LogP) is 1.63. The van der Waals surface area contributed by atoms with Crippen molar-refractivity contribution in [2.45, 2.75) is 18.9 Å². The fraction of sp³-hybridized carbons (Fsp3) is 0.889. The quantitative estimate of drug-likeness (QED) is 0.410. The Bertz CT molecular complexity index is 190. The molecule has 0 bridgehead atoms. The molecule has 1 fully saturated rings. The van der Waals surface area contributed by atoms with Gasteiger partial charge in [-0.1, -0.05) is 0 Å². The van der Waals surface area contributed by atoms with Crippen molar-refractivity contribution < 1.29 is 9.53 Å². The molecule has 1 aliphatic heterocycles. The van der Waals surface area contributed by atoms with Gasteiger partial charge in [0.15, 0.2) is 0 Å². The summed E-state index contributed by atoms with van der Waals surface area (Å²) < 4.78 is 4.78. The summed E-state index contributed by atoms with van der Waals surface area (Å²) in [4.78, 5) is 13.6. The number of likely N-dealkylation sites (tertiary alicyclic amines) is 1. The van der Waals surface area contributed by atoms with E-state index in [1.54, 1.807) is 0 Å². The summed E-state index contributed by atoms with van der Waals surface area (Å²) in [6.07, 6.45) is 4.15. The zero-order valence-electron chi connectivity index (χ0n) is 8.69. The molecule has 14 heavy (non-hydrogen) atoms. The molecule has 0 saturated carbocycles. The zero-order valence-corrected chi connectivity index (χ0v) is 10.3. The van der Waals surface area contributed by atoms with Crippen molar-refractivity contribution in [2.24, 2.45) is 0 Å². The van der Waals surface area contributed by atoms with Gasteiger partial charge in [0.05, 0.1) is 7.11 Å². The van der Waals surface area contributed by atoms with Gasteiger partial charge in [0.1, 0.15) is 6.04 Å². The van der Waals surface area contributed by atoms with Crippen LogP contribution in [0.15, 0.2) is 0 Å². The van der Waals surface area contributed by atoms with Crippen molar-refractivity contribution in [3.05, 3.63) is 0 Å². The number of methoxy groups -OCH3 is 1. The number of rotatable bonds is 5. The molecule has 0 aromatic heterocycles. The lowest BCUT2D eigenvalue weighted by atomic mass is 10.2. The largest absolute Gasteiger partial charge is 0.468 e. The molecule has 0 amide bonds. The minimum Gasteiger partial charge on any atom is -0.468 e. The monoisotopic (exact) mass is 235 g/mol. The molecule has 1 saturated heterocycles. The number of carbonyl (C=O) groups is 1. The maximum Gasteiger partial charge on any atom is 0.323 e. The molecule has 0 radical (unpaired) electrons. The highest BCUT2D eigenvalue weighted by molar-refractivity contribution is 8.15. The van der Waals surface area contributed by atoms with Gasteiger partial charge >= 0.3 is 5.97 Å². The first-order valence-electron chi connectivity index (χ1n) is 4.68. The van der Waals surface area contributed by atoms with Crippen LogP contribution in [-0.2, 0) is 9.53 Å². The molecule has 1 aliphatic rings. The number of thioether (sulfide) groups is 2. The molecule has 0 aromatic carbocycles. The van der Waals surface area contributed by atoms with Gasteiger partial charge in [-0.05, 0) is 25.6 Å². The van der Waals surface area contributed by atoms with Gasteiger partial charge in [-0.3, -0.25) is 9.69 Å². The summed E-state index contributed by atoms with van der Waals surface area (Å²) in [7, 11) is 1.47. The Hall–Kier alpha value is 0.130. The standard InChI is InChI=1S/C9H17NO2S2/c1-12-9(11)8-4-3-5-10(8)6-14-7-13-2/h8H,3-7H2,1-2H3. The van der Waals surface area contributed by atoms with Crippen LogP contribution in [-0.4, -0.2) is 47.8 Å². The summed E-state index contributed by atoms with van der Waals surface area (Å²) >= 11 is 3.68. The maximum absolute atomic E-state index is 11.4. The fourth-order valence-corrected chi connectivity index (χ4v) is 3.13. The van der Waals surface area contributed by atoms with Gasteiger partial charge in [-0.15, -0.1) is 11.8 Å². The number of hydrogen-bond donors (Lipinski definition) is 0. The fourth-order valence-electron chi connectivity index (χ4n) is 1.62. The van der Waals surface area contributed by atoms with Crippen LogP contribution in [0.4, 0.5) is 0 Å². The second-order valence-corrected chi connectivity index (χ2v) is 5.42. The van der Waals surface area contributed by atoms with Crippen LogP contribution in [0.1, 0.15) is 12.8 Å². The van der Waals surface area contributed by atoms with Gasteiger partial charge in [0.25, 0.3) is 0 Å². The van der Waals surface area contributed by atoms with E-state index in [0.717, 1.165) is 30.3 Å². The van der Waals surface area contributed by atoms with Gasteiger partial charge in [-0.2, -0.15) is 11.8 Å². The lowest BCUT2D eigenvalue weighted by Crippen LogP contribution is -2.36. The first-order chi connectivity index (χ1) is 6.79. The van der Waals surface area contributed by atoms with Crippen LogP contribution in [0.25, 0.3) is 0 Å². The topological polar surface area (TPSA) is 29.5 Å². The van der Waals surface area contributed by atoms with E-state index in [9.17, 15) is 4.79 Å². The van der Waals surface area contributed by atoms with E-state index in [1.165, 1.54) is 7.11 Å². The normalized spacial score (nSPS) is 22.6. The lowest BCUT2D eigenvalue weighted by Gasteiger charge is -2.21. The molecule has 0 N–H and O–H groups in total. The first-order valence-corrected chi connectivity index (χ1v) is 7.23. The number of carbonyl (C=O) groups excluding carboxylic acids is 1. The minimum atomic E-state index is -0.0766. The van der Waals surface area contributed by atoms with E-state index in [1.807, 2.05) is 23.5 Å². The molecule has 82 valence electrons. The van der Waals surface area contributed by atoms with Crippen molar-refractivity contribution in [2.75, 3.05) is 30.9 Å². The summed E-state index contributed by atoms with van der Waals surface area (Å²) in [6, 6.07) is 0.00866. The van der Waals surface area contributed by atoms with Crippen molar-refractivity contribution in [3.8, 4) is 0 Å². The van der Waals surface area contributed by atoms with Gasteiger partial charge < -0.3 is 4.74 Å². The van der Waals surface area contributed by atoms with Crippen LogP contribution in [0.5, 0.6) is 0 Å². The Morgan fingerprint density at radius 2 is 2.43 bits per heavy atom. The minimum absolute atomic E-state index is 0.00866. The molecule has 3 nitrogen and oxygen atoms in total. The Labute approximate surface area is 93.9 Å². The van der Waals surface area contributed by atoms with E-state index < -0.39 is 0 Å². The van der Waals surface area contributed by atoms with E-state index in [0.29, 0.717) is 0 Å². The molecule has 1 unspecified atom stereocenters. The van der Waals surface area contributed by atoms with Crippen molar-refractivity contribution in [1.82, 2.24) is 4.90 Å². The molecule has 0 aromatic rings. The van der Waals surface area contributed by atoms with E-state index in [4.69, 9.17) is 4.74 Å². The van der Waals surface area contributed by atoms with Crippen LogP contribution in [0.3, 0.4) is 0 Å². The summed E-state index contributed by atoms with van der Waals surface area (Å²) in [5, 5.41) is 1.09. The molecular weight excluding hydrogens is 218 g/mol. The summed E-state index contributed by atoms with van der Waals surface area (Å²) in [5.41, 5.74) is 0. The van der Waals surface area contributed by atoms with Crippen LogP contribution < -0.4 is 0 Å². The van der Waals surface area contributed by atoms with E-state index in [2.05, 4.69) is 11.2 Å². The first kappa shape index (κ1) is 12.2. The van der Waals surface area contributed by atoms with Gasteiger partial charge in [0, 0.05) is 11.0 Å². The second kappa shape index (κ2) is 6.58. The molecule has 1 heterocycles. The van der Waals surface area contributed by atoms with Gasteiger partial charge in [-0.25, -0.2) is 0 Å². The molecule has 0 aliphatic carbocycles. The predicted molar refractivity (Wildman–Crippen MR) is 62.6 cm³/mol. The SMILES string of the molecule is COC(=O)C1CCCN1CSCSC. The van der Waals surface area contributed by atoms with E-state index in [-0.39, 0.29) is 12.0 Å². The average Bonchev–Trinajstić information content (AvgIpc) is 2.65. The highest BCUT2D eigenvalue weighted by Gasteiger charge is 2.30. The summed E-state index contributed by atoms with van der Waals surface area (Å²) in [6.45, 7) is 1.03. The van der Waals surface area contributed by atoms with E-state index >= 15 is 0 Å². The molecule has 1 atom stereocenters. The third kappa shape index (κ3) is 3.37. The lowest BCUT2D eigenvalue weighted by molar-refractivity contribution is -0.145. The van der Waals surface area contributed by atoms with Gasteiger partial charge in [0.2, 0.25) is 0 Å². The van der Waals surface area contributed by atoms with Crippen molar-refractivity contribution in [3.63, 3.8) is 0 Å². The number of nitrogens with zero attached hydrogens (tertiary/aromatic N) is 1. The third-order valence-corrected chi connectivity index (χ3v) is 4.42. The highest BCUT2D eigenvalue weighted by atomic mass is 32.2. The third-order valence-electron chi connectivity index (χ3n) is 2.30. The number of ether oxygens (including phenoxy) is 1. The Morgan fingerprint density at radius 3 is 3.07 bits per heavy atom. The Kier molecular flexibility index (Phi) is 5.74. The van der Waals surface area contributed by atoms with Crippen LogP contribution >= 0.6 is 23.5 Å². The number of hydrogen-bond acceptors (Lipinski definition) is 5. The Balaban J connectivity index is 2.31. The van der Waals surface area contributed by atoms with Crippen molar-refractivity contribution >= 4 is 29.5 Å². The Morgan fingerprint density at radius 1 is 1.64 bits per heavy atom. The highest BCUT2D eigenvalue weighted by Crippen LogP contribution is 2.21. The van der Waals surface area contributed by atoms with Crippen LogP contribution in [0.2, 0.25) is 0 Å². The smallest absolute Gasteiger partial charge is 0.323 e. The molecular formula is C9H17NO2S2. The zero-order chi connectivity index (χ0) is 10.4. The molecule has 0 spiro atoms. The number of esters is 1. The summed E-state index contributed by atoms with van der Waals surface area (Å²) in [5.74, 6) is 0.868. The van der Waals surface area contributed by atoms with Crippen molar-refractivity contribution in [1.29, 1.82) is 0 Å². The van der Waals surface area contributed by atoms with Crippen LogP contribution in [0, 0.1) is 0 Å².